The first-order valence-corrected chi connectivity index (χ1v) is 5.45. The van der Waals surface area contributed by atoms with E-state index in [1.807, 2.05) is 0 Å². The van der Waals surface area contributed by atoms with Crippen LogP contribution in [0.4, 0.5) is 0 Å². The van der Waals surface area contributed by atoms with Gasteiger partial charge in [0.25, 0.3) is 0 Å². The van der Waals surface area contributed by atoms with E-state index in [-0.39, 0.29) is 11.9 Å². The summed E-state index contributed by atoms with van der Waals surface area (Å²) in [4.78, 5) is 13.8. The van der Waals surface area contributed by atoms with E-state index in [0.717, 1.165) is 32.4 Å². The van der Waals surface area contributed by atoms with Crippen LogP contribution in [0.15, 0.2) is 0 Å². The van der Waals surface area contributed by atoms with Crippen molar-refractivity contribution in [3.63, 3.8) is 0 Å². The molecule has 2 unspecified atom stereocenters. The van der Waals surface area contributed by atoms with E-state index in [1.165, 1.54) is 7.11 Å². The zero-order valence-corrected chi connectivity index (χ0v) is 9.45. The SMILES string of the molecule is CCCC1CN(C)CCC1C(=O)OC. The van der Waals surface area contributed by atoms with Gasteiger partial charge in [-0.05, 0) is 32.4 Å². The lowest BCUT2D eigenvalue weighted by molar-refractivity contribution is -0.149. The van der Waals surface area contributed by atoms with Gasteiger partial charge in [-0.1, -0.05) is 13.3 Å². The van der Waals surface area contributed by atoms with Gasteiger partial charge in [0, 0.05) is 6.54 Å². The molecule has 14 heavy (non-hydrogen) atoms. The molecule has 1 rings (SSSR count). The van der Waals surface area contributed by atoms with E-state index in [2.05, 4.69) is 18.9 Å². The van der Waals surface area contributed by atoms with Crippen molar-refractivity contribution >= 4 is 5.97 Å². The molecule has 0 aromatic heterocycles. The molecule has 1 heterocycles. The minimum atomic E-state index is -0.0171. The summed E-state index contributed by atoms with van der Waals surface area (Å²) >= 11 is 0. The highest BCUT2D eigenvalue weighted by Gasteiger charge is 2.32. The molecule has 0 amide bonds. The zero-order valence-electron chi connectivity index (χ0n) is 9.45. The van der Waals surface area contributed by atoms with E-state index in [0.29, 0.717) is 5.92 Å². The smallest absolute Gasteiger partial charge is 0.309 e. The highest BCUT2D eigenvalue weighted by molar-refractivity contribution is 5.72. The molecule has 0 N–H and O–H groups in total. The van der Waals surface area contributed by atoms with Gasteiger partial charge in [-0.3, -0.25) is 4.79 Å². The summed E-state index contributed by atoms with van der Waals surface area (Å²) in [5, 5.41) is 0. The van der Waals surface area contributed by atoms with Crippen LogP contribution in [0.5, 0.6) is 0 Å². The quantitative estimate of drug-likeness (QED) is 0.646. The molecule has 0 aromatic carbocycles. The number of hydrogen-bond donors (Lipinski definition) is 0. The zero-order chi connectivity index (χ0) is 10.6. The van der Waals surface area contributed by atoms with Gasteiger partial charge in [0.1, 0.15) is 0 Å². The van der Waals surface area contributed by atoms with Gasteiger partial charge in [-0.15, -0.1) is 0 Å². The molecule has 0 spiro atoms. The topological polar surface area (TPSA) is 29.5 Å². The molecule has 82 valence electrons. The van der Waals surface area contributed by atoms with Gasteiger partial charge in [-0.25, -0.2) is 0 Å². The molecule has 1 aliphatic rings. The van der Waals surface area contributed by atoms with E-state index in [9.17, 15) is 4.79 Å². The van der Waals surface area contributed by atoms with E-state index < -0.39 is 0 Å². The molecule has 2 atom stereocenters. The van der Waals surface area contributed by atoms with Gasteiger partial charge >= 0.3 is 5.97 Å². The van der Waals surface area contributed by atoms with Crippen LogP contribution in [0.2, 0.25) is 0 Å². The van der Waals surface area contributed by atoms with Crippen molar-refractivity contribution < 1.29 is 9.53 Å². The summed E-state index contributed by atoms with van der Waals surface area (Å²) in [6.07, 6.45) is 3.23. The Hall–Kier alpha value is -0.570. The number of carbonyl (C=O) groups excluding carboxylic acids is 1. The third-order valence-corrected chi connectivity index (χ3v) is 3.10. The van der Waals surface area contributed by atoms with Crippen molar-refractivity contribution in [1.29, 1.82) is 0 Å². The second kappa shape index (κ2) is 5.35. The number of ether oxygens (including phenoxy) is 1. The van der Waals surface area contributed by atoms with Crippen molar-refractivity contribution in [2.75, 3.05) is 27.2 Å². The molecule has 0 radical (unpaired) electrons. The maximum atomic E-state index is 11.5. The van der Waals surface area contributed by atoms with Crippen LogP contribution in [0.25, 0.3) is 0 Å². The fraction of sp³-hybridized carbons (Fsp3) is 0.909. The maximum absolute atomic E-state index is 11.5. The van der Waals surface area contributed by atoms with Crippen LogP contribution >= 0.6 is 0 Å². The highest BCUT2D eigenvalue weighted by Crippen LogP contribution is 2.27. The predicted octanol–water partition coefficient (Wildman–Crippen LogP) is 1.53. The van der Waals surface area contributed by atoms with Crippen LogP contribution in [-0.2, 0) is 9.53 Å². The Morgan fingerprint density at radius 2 is 2.29 bits per heavy atom. The van der Waals surface area contributed by atoms with Gasteiger partial charge in [0.05, 0.1) is 13.0 Å². The first-order chi connectivity index (χ1) is 6.69. The summed E-state index contributed by atoms with van der Waals surface area (Å²) in [5.41, 5.74) is 0. The van der Waals surface area contributed by atoms with E-state index in [4.69, 9.17) is 4.74 Å². The lowest BCUT2D eigenvalue weighted by Gasteiger charge is -2.35. The lowest BCUT2D eigenvalue weighted by atomic mass is 9.83. The summed E-state index contributed by atoms with van der Waals surface area (Å²) in [7, 11) is 3.61. The molecule has 1 fully saturated rings. The van der Waals surface area contributed by atoms with Crippen LogP contribution < -0.4 is 0 Å². The number of piperidine rings is 1. The van der Waals surface area contributed by atoms with Crippen LogP contribution in [0.3, 0.4) is 0 Å². The predicted molar refractivity (Wildman–Crippen MR) is 56.0 cm³/mol. The second-order valence-electron chi connectivity index (χ2n) is 4.23. The van der Waals surface area contributed by atoms with Crippen molar-refractivity contribution in [1.82, 2.24) is 4.90 Å². The van der Waals surface area contributed by atoms with Gasteiger partial charge in [-0.2, -0.15) is 0 Å². The van der Waals surface area contributed by atoms with Gasteiger partial charge in [0.2, 0.25) is 0 Å². The first kappa shape index (κ1) is 11.5. The number of carbonyl (C=O) groups is 1. The Kier molecular flexibility index (Phi) is 4.39. The normalized spacial score (nSPS) is 28.8. The molecule has 0 aromatic rings. The molecule has 3 heteroatoms. The number of rotatable bonds is 3. The Balaban J connectivity index is 2.57. The van der Waals surface area contributed by atoms with E-state index in [1.54, 1.807) is 0 Å². The second-order valence-corrected chi connectivity index (χ2v) is 4.23. The molecule has 1 saturated heterocycles. The Bertz CT molecular complexity index is 194. The van der Waals surface area contributed by atoms with Crippen LogP contribution in [-0.4, -0.2) is 38.1 Å². The average Bonchev–Trinajstić information content (AvgIpc) is 2.17. The Morgan fingerprint density at radius 1 is 1.57 bits per heavy atom. The fourth-order valence-corrected chi connectivity index (χ4v) is 2.34. The standard InChI is InChI=1S/C11H21NO2/c1-4-5-9-8-12(2)7-6-10(9)11(13)14-3/h9-10H,4-8H2,1-3H3. The highest BCUT2D eigenvalue weighted by atomic mass is 16.5. The molecular weight excluding hydrogens is 178 g/mol. The molecule has 0 bridgehead atoms. The Morgan fingerprint density at radius 3 is 2.86 bits per heavy atom. The van der Waals surface area contributed by atoms with Crippen LogP contribution in [0.1, 0.15) is 26.2 Å². The minimum absolute atomic E-state index is 0.0171. The van der Waals surface area contributed by atoms with Crippen molar-refractivity contribution in [2.45, 2.75) is 26.2 Å². The third-order valence-electron chi connectivity index (χ3n) is 3.10. The number of hydrogen-bond acceptors (Lipinski definition) is 3. The van der Waals surface area contributed by atoms with Crippen molar-refractivity contribution in [2.24, 2.45) is 11.8 Å². The number of likely N-dealkylation sites (tertiary alicyclic amines) is 1. The summed E-state index contributed by atoms with van der Waals surface area (Å²) in [6.45, 7) is 4.22. The number of methoxy groups -OCH3 is 1. The molecule has 0 saturated carbocycles. The minimum Gasteiger partial charge on any atom is -0.469 e. The third kappa shape index (κ3) is 2.71. The average molecular weight is 199 g/mol. The first-order valence-electron chi connectivity index (χ1n) is 5.45. The summed E-state index contributed by atoms with van der Waals surface area (Å²) < 4.78 is 4.84. The van der Waals surface area contributed by atoms with Crippen LogP contribution in [0, 0.1) is 11.8 Å². The maximum Gasteiger partial charge on any atom is 0.309 e. The number of nitrogens with zero attached hydrogens (tertiary/aromatic N) is 1. The van der Waals surface area contributed by atoms with Crippen molar-refractivity contribution in [3.05, 3.63) is 0 Å². The van der Waals surface area contributed by atoms with E-state index >= 15 is 0 Å². The summed E-state index contributed by atoms with van der Waals surface area (Å²) in [5.74, 6) is 0.610. The molecule has 0 aliphatic carbocycles. The lowest BCUT2D eigenvalue weighted by Crippen LogP contribution is -2.41. The van der Waals surface area contributed by atoms with Gasteiger partial charge < -0.3 is 9.64 Å². The fourth-order valence-electron chi connectivity index (χ4n) is 2.34. The number of esters is 1. The van der Waals surface area contributed by atoms with Gasteiger partial charge in [0.15, 0.2) is 0 Å². The molecule has 1 aliphatic heterocycles. The monoisotopic (exact) mass is 199 g/mol. The molecular formula is C11H21NO2. The molecule has 3 nitrogen and oxygen atoms in total. The largest absolute Gasteiger partial charge is 0.469 e. The van der Waals surface area contributed by atoms with Crippen molar-refractivity contribution in [3.8, 4) is 0 Å². The Labute approximate surface area is 86.4 Å². The summed E-state index contributed by atoms with van der Waals surface area (Å²) in [6, 6.07) is 0.